The van der Waals surface area contributed by atoms with Gasteiger partial charge in [-0.1, -0.05) is 34.1 Å². The monoisotopic (exact) mass is 249 g/mol. The molecule has 1 N–H and O–H groups in total. The van der Waals surface area contributed by atoms with Gasteiger partial charge in [0.2, 0.25) is 0 Å². The van der Waals surface area contributed by atoms with Crippen LogP contribution in [0.15, 0.2) is 0 Å². The molecule has 0 aliphatic rings. The summed E-state index contributed by atoms with van der Waals surface area (Å²) >= 11 is 0. The second-order valence-corrected chi connectivity index (χ2v) is 6.80. The Balaban J connectivity index is 4.20. The van der Waals surface area contributed by atoms with Gasteiger partial charge in [-0.25, -0.2) is 8.42 Å². The minimum Gasteiger partial charge on any atom is -0.313 e. The molecule has 0 fully saturated rings. The zero-order chi connectivity index (χ0) is 12.6. The molecule has 0 amide bonds. The van der Waals surface area contributed by atoms with Crippen LogP contribution in [0, 0.1) is 5.92 Å². The summed E-state index contributed by atoms with van der Waals surface area (Å²) in [5, 5.41) is 3.29. The lowest BCUT2D eigenvalue weighted by Gasteiger charge is -2.18. The van der Waals surface area contributed by atoms with E-state index in [0.717, 1.165) is 25.8 Å². The fourth-order valence-corrected chi connectivity index (χ4v) is 3.80. The molecule has 0 spiro atoms. The number of hydrogen-bond acceptors (Lipinski definition) is 3. The number of rotatable bonds is 9. The molecule has 0 saturated carbocycles. The van der Waals surface area contributed by atoms with Crippen LogP contribution in [-0.4, -0.2) is 32.5 Å². The van der Waals surface area contributed by atoms with Gasteiger partial charge in [-0.3, -0.25) is 0 Å². The van der Waals surface area contributed by atoms with E-state index >= 15 is 0 Å². The Morgan fingerprint density at radius 3 is 2.12 bits per heavy atom. The van der Waals surface area contributed by atoms with Gasteiger partial charge in [0.1, 0.15) is 0 Å². The predicted molar refractivity (Wildman–Crippen MR) is 70.5 cm³/mol. The van der Waals surface area contributed by atoms with Crippen molar-refractivity contribution >= 4 is 9.84 Å². The van der Waals surface area contributed by atoms with Crippen molar-refractivity contribution in [3.8, 4) is 0 Å². The van der Waals surface area contributed by atoms with E-state index in [1.54, 1.807) is 0 Å². The largest absolute Gasteiger partial charge is 0.313 e. The van der Waals surface area contributed by atoms with Gasteiger partial charge in [0.25, 0.3) is 0 Å². The standard InChI is InChI=1S/C12H27NO2S/c1-5-8-13-12(7-3)10-16(14,15)9-11(4)6-2/h11-13H,5-10H2,1-4H3. The number of hydrogen-bond donors (Lipinski definition) is 1. The highest BCUT2D eigenvalue weighted by atomic mass is 32.2. The molecule has 0 aromatic heterocycles. The van der Waals surface area contributed by atoms with Crippen LogP contribution in [0.25, 0.3) is 0 Å². The van der Waals surface area contributed by atoms with Crippen molar-refractivity contribution < 1.29 is 8.42 Å². The highest BCUT2D eigenvalue weighted by Crippen LogP contribution is 2.08. The molecule has 98 valence electrons. The second kappa shape index (κ2) is 8.07. The van der Waals surface area contributed by atoms with E-state index in [1.165, 1.54) is 0 Å². The SMILES string of the molecule is CCCNC(CC)CS(=O)(=O)CC(C)CC. The summed E-state index contributed by atoms with van der Waals surface area (Å²) in [6.45, 7) is 9.06. The average Bonchev–Trinajstić information content (AvgIpc) is 2.23. The van der Waals surface area contributed by atoms with Crippen molar-refractivity contribution in [2.75, 3.05) is 18.1 Å². The molecule has 0 saturated heterocycles. The van der Waals surface area contributed by atoms with Crippen LogP contribution >= 0.6 is 0 Å². The molecular formula is C12H27NO2S. The van der Waals surface area contributed by atoms with Crippen molar-refractivity contribution in [3.63, 3.8) is 0 Å². The zero-order valence-corrected chi connectivity index (χ0v) is 11.9. The molecule has 0 radical (unpaired) electrons. The first kappa shape index (κ1) is 15.9. The topological polar surface area (TPSA) is 46.2 Å². The average molecular weight is 249 g/mol. The van der Waals surface area contributed by atoms with E-state index in [-0.39, 0.29) is 17.7 Å². The van der Waals surface area contributed by atoms with Gasteiger partial charge in [-0.2, -0.15) is 0 Å². The van der Waals surface area contributed by atoms with Crippen LogP contribution < -0.4 is 5.32 Å². The first-order valence-electron chi connectivity index (χ1n) is 6.38. The third-order valence-corrected chi connectivity index (χ3v) is 4.85. The van der Waals surface area contributed by atoms with Gasteiger partial charge in [0.15, 0.2) is 9.84 Å². The van der Waals surface area contributed by atoms with Gasteiger partial charge in [0.05, 0.1) is 11.5 Å². The summed E-state index contributed by atoms with van der Waals surface area (Å²) in [5.74, 6) is 0.885. The van der Waals surface area contributed by atoms with Crippen LogP contribution in [0.2, 0.25) is 0 Å². The highest BCUT2D eigenvalue weighted by molar-refractivity contribution is 7.91. The lowest BCUT2D eigenvalue weighted by Crippen LogP contribution is -2.37. The van der Waals surface area contributed by atoms with E-state index in [2.05, 4.69) is 12.2 Å². The van der Waals surface area contributed by atoms with Crippen molar-refractivity contribution in [2.24, 2.45) is 5.92 Å². The molecule has 3 nitrogen and oxygen atoms in total. The van der Waals surface area contributed by atoms with E-state index in [1.807, 2.05) is 20.8 Å². The molecule has 0 rings (SSSR count). The second-order valence-electron chi connectivity index (χ2n) is 4.65. The molecular weight excluding hydrogens is 222 g/mol. The fourth-order valence-electron chi connectivity index (χ4n) is 1.60. The lowest BCUT2D eigenvalue weighted by molar-refractivity contribution is 0.512. The lowest BCUT2D eigenvalue weighted by atomic mass is 10.2. The molecule has 0 aliphatic carbocycles. The molecule has 0 aliphatic heterocycles. The minimum absolute atomic E-state index is 0.119. The molecule has 16 heavy (non-hydrogen) atoms. The Labute approximate surface area is 101 Å². The normalized spacial score (nSPS) is 16.0. The minimum atomic E-state index is -2.90. The summed E-state index contributed by atoms with van der Waals surface area (Å²) in [6, 6.07) is 0.119. The third-order valence-electron chi connectivity index (χ3n) is 2.87. The summed E-state index contributed by atoms with van der Waals surface area (Å²) < 4.78 is 23.8. The van der Waals surface area contributed by atoms with Crippen molar-refractivity contribution in [1.29, 1.82) is 0 Å². The number of nitrogens with one attached hydrogen (secondary N) is 1. The maximum Gasteiger partial charge on any atom is 0.152 e. The summed E-state index contributed by atoms with van der Waals surface area (Å²) in [6.07, 6.45) is 2.85. The van der Waals surface area contributed by atoms with E-state index in [0.29, 0.717) is 5.75 Å². The molecule has 0 aromatic carbocycles. The molecule has 4 heteroatoms. The van der Waals surface area contributed by atoms with Crippen molar-refractivity contribution in [2.45, 2.75) is 53.0 Å². The Kier molecular flexibility index (Phi) is 8.02. The first-order chi connectivity index (χ1) is 7.45. The van der Waals surface area contributed by atoms with Crippen LogP contribution in [0.3, 0.4) is 0 Å². The van der Waals surface area contributed by atoms with Crippen LogP contribution in [0.1, 0.15) is 47.0 Å². The Bertz CT molecular complexity index is 262. The van der Waals surface area contributed by atoms with Crippen molar-refractivity contribution in [3.05, 3.63) is 0 Å². The van der Waals surface area contributed by atoms with E-state index < -0.39 is 9.84 Å². The maximum atomic E-state index is 11.9. The fraction of sp³-hybridized carbons (Fsp3) is 1.00. The van der Waals surface area contributed by atoms with Gasteiger partial charge in [0, 0.05) is 6.04 Å². The molecule has 0 bridgehead atoms. The van der Waals surface area contributed by atoms with Gasteiger partial charge < -0.3 is 5.32 Å². The van der Waals surface area contributed by atoms with Gasteiger partial charge >= 0.3 is 0 Å². The molecule has 0 aromatic rings. The first-order valence-corrected chi connectivity index (χ1v) is 8.21. The van der Waals surface area contributed by atoms with Crippen molar-refractivity contribution in [1.82, 2.24) is 5.32 Å². The summed E-state index contributed by atoms with van der Waals surface area (Å²) in [7, 11) is -2.90. The molecule has 0 heterocycles. The summed E-state index contributed by atoms with van der Waals surface area (Å²) in [4.78, 5) is 0. The Morgan fingerprint density at radius 2 is 1.69 bits per heavy atom. The van der Waals surface area contributed by atoms with Crippen LogP contribution in [-0.2, 0) is 9.84 Å². The number of sulfone groups is 1. The zero-order valence-electron chi connectivity index (χ0n) is 11.1. The third kappa shape index (κ3) is 7.23. The summed E-state index contributed by atoms with van der Waals surface area (Å²) in [5.41, 5.74) is 0. The Hall–Kier alpha value is -0.0900. The highest BCUT2D eigenvalue weighted by Gasteiger charge is 2.19. The predicted octanol–water partition coefficient (Wildman–Crippen LogP) is 2.23. The molecule has 2 unspecified atom stereocenters. The smallest absolute Gasteiger partial charge is 0.152 e. The maximum absolute atomic E-state index is 11.9. The van der Waals surface area contributed by atoms with Gasteiger partial charge in [-0.05, 0) is 25.3 Å². The van der Waals surface area contributed by atoms with Crippen LogP contribution in [0.5, 0.6) is 0 Å². The van der Waals surface area contributed by atoms with E-state index in [4.69, 9.17) is 0 Å². The Morgan fingerprint density at radius 1 is 1.06 bits per heavy atom. The van der Waals surface area contributed by atoms with Crippen LogP contribution in [0.4, 0.5) is 0 Å². The quantitative estimate of drug-likeness (QED) is 0.681. The van der Waals surface area contributed by atoms with E-state index in [9.17, 15) is 8.42 Å². The molecule has 2 atom stereocenters. The van der Waals surface area contributed by atoms with Gasteiger partial charge in [-0.15, -0.1) is 0 Å².